The van der Waals surface area contributed by atoms with E-state index in [9.17, 15) is 9.59 Å². The van der Waals surface area contributed by atoms with Crippen LogP contribution in [0.1, 0.15) is 36.6 Å². The van der Waals surface area contributed by atoms with Crippen LogP contribution in [0.15, 0.2) is 54.6 Å². The standard InChI is InChI=1S/C25H30N4O4/c1-16(10-18-8-6-5-7-9-18)22-15-23(29-28-22)27-25(31)17(2)26-24(30)13-19-11-20(32-3)14-21(12-19)33-4/h5-9,11-12,14-17H,10,13H2,1-4H3,(H,26,30)(H2,27,28,29,31). The number of benzene rings is 2. The molecule has 2 aromatic carbocycles. The molecule has 174 valence electrons. The first-order valence-corrected chi connectivity index (χ1v) is 10.8. The van der Waals surface area contributed by atoms with E-state index in [1.165, 1.54) is 5.56 Å². The summed E-state index contributed by atoms with van der Waals surface area (Å²) >= 11 is 0. The molecular weight excluding hydrogens is 420 g/mol. The molecule has 0 aliphatic carbocycles. The molecule has 0 aliphatic rings. The van der Waals surface area contributed by atoms with Gasteiger partial charge in [0.05, 0.1) is 26.3 Å². The summed E-state index contributed by atoms with van der Waals surface area (Å²) < 4.78 is 10.5. The lowest BCUT2D eigenvalue weighted by Crippen LogP contribution is -2.42. The lowest BCUT2D eigenvalue weighted by molar-refractivity contribution is -0.125. The van der Waals surface area contributed by atoms with Crippen LogP contribution in [-0.2, 0) is 22.4 Å². The predicted octanol–water partition coefficient (Wildman–Crippen LogP) is 3.46. The normalized spacial score (nSPS) is 12.5. The highest BCUT2D eigenvalue weighted by Crippen LogP contribution is 2.23. The summed E-state index contributed by atoms with van der Waals surface area (Å²) in [5, 5.41) is 12.7. The number of amides is 2. The number of aromatic nitrogens is 2. The molecule has 8 nitrogen and oxygen atoms in total. The SMILES string of the molecule is COc1cc(CC(=O)NC(C)C(=O)Nc2cc(C(C)Cc3ccccc3)n[nH]2)cc(OC)c1. The summed E-state index contributed by atoms with van der Waals surface area (Å²) in [4.78, 5) is 25.0. The van der Waals surface area contributed by atoms with Crippen molar-refractivity contribution in [3.63, 3.8) is 0 Å². The Hall–Kier alpha value is -3.81. The van der Waals surface area contributed by atoms with Crippen LogP contribution < -0.4 is 20.1 Å². The number of ether oxygens (including phenoxy) is 2. The summed E-state index contributed by atoms with van der Waals surface area (Å²) in [6.45, 7) is 3.72. The van der Waals surface area contributed by atoms with Gasteiger partial charge in [0.15, 0.2) is 0 Å². The maximum atomic E-state index is 12.6. The fourth-order valence-corrected chi connectivity index (χ4v) is 3.48. The first kappa shape index (κ1) is 23.8. The van der Waals surface area contributed by atoms with Crippen molar-refractivity contribution in [3.8, 4) is 11.5 Å². The van der Waals surface area contributed by atoms with Gasteiger partial charge in [-0.15, -0.1) is 0 Å². The van der Waals surface area contributed by atoms with Crippen LogP contribution in [0.4, 0.5) is 5.82 Å². The van der Waals surface area contributed by atoms with Crippen LogP contribution in [0.3, 0.4) is 0 Å². The molecule has 0 saturated carbocycles. The summed E-state index contributed by atoms with van der Waals surface area (Å²) in [7, 11) is 3.10. The van der Waals surface area contributed by atoms with Crippen LogP contribution in [0.5, 0.6) is 11.5 Å². The van der Waals surface area contributed by atoms with Crippen molar-refractivity contribution in [2.75, 3.05) is 19.5 Å². The van der Waals surface area contributed by atoms with Gasteiger partial charge in [-0.25, -0.2) is 0 Å². The minimum atomic E-state index is -0.724. The van der Waals surface area contributed by atoms with Gasteiger partial charge in [-0.05, 0) is 36.6 Å². The Balaban J connectivity index is 1.53. The second kappa shape index (κ2) is 11.2. The first-order valence-electron chi connectivity index (χ1n) is 10.8. The Labute approximate surface area is 193 Å². The van der Waals surface area contributed by atoms with Gasteiger partial charge in [-0.3, -0.25) is 14.7 Å². The van der Waals surface area contributed by atoms with Gasteiger partial charge in [0, 0.05) is 18.1 Å². The van der Waals surface area contributed by atoms with Gasteiger partial charge in [-0.2, -0.15) is 5.10 Å². The Morgan fingerprint density at radius 2 is 1.64 bits per heavy atom. The molecular formula is C25H30N4O4. The van der Waals surface area contributed by atoms with E-state index in [4.69, 9.17) is 9.47 Å². The van der Waals surface area contributed by atoms with Crippen LogP contribution in [-0.4, -0.2) is 42.3 Å². The van der Waals surface area contributed by atoms with Crippen molar-refractivity contribution in [2.24, 2.45) is 0 Å². The van der Waals surface area contributed by atoms with Gasteiger partial charge < -0.3 is 20.1 Å². The van der Waals surface area contributed by atoms with Gasteiger partial charge in [-0.1, -0.05) is 37.3 Å². The molecule has 3 aromatic rings. The van der Waals surface area contributed by atoms with E-state index < -0.39 is 6.04 Å². The number of rotatable bonds is 10. The molecule has 0 saturated heterocycles. The molecule has 2 amide bonds. The fraction of sp³-hybridized carbons (Fsp3) is 0.320. The molecule has 2 atom stereocenters. The molecule has 1 aromatic heterocycles. The Bertz CT molecular complexity index is 1060. The number of nitrogens with zero attached hydrogens (tertiary/aromatic N) is 1. The van der Waals surface area contributed by atoms with Gasteiger partial charge in [0.25, 0.3) is 0 Å². The summed E-state index contributed by atoms with van der Waals surface area (Å²) in [5.74, 6) is 1.26. The smallest absolute Gasteiger partial charge is 0.247 e. The minimum absolute atomic E-state index is 0.0936. The van der Waals surface area contributed by atoms with Crippen molar-refractivity contribution < 1.29 is 19.1 Å². The number of H-pyrrole nitrogens is 1. The van der Waals surface area contributed by atoms with Crippen LogP contribution in [0, 0.1) is 0 Å². The third-order valence-corrected chi connectivity index (χ3v) is 5.29. The maximum absolute atomic E-state index is 12.6. The molecule has 0 radical (unpaired) electrons. The van der Waals surface area contributed by atoms with Gasteiger partial charge in [0.2, 0.25) is 11.8 Å². The number of hydrogen-bond acceptors (Lipinski definition) is 5. The van der Waals surface area contributed by atoms with Crippen molar-refractivity contribution >= 4 is 17.6 Å². The van der Waals surface area contributed by atoms with Crippen LogP contribution in [0.25, 0.3) is 0 Å². The van der Waals surface area contributed by atoms with E-state index in [1.807, 2.05) is 24.3 Å². The summed E-state index contributed by atoms with van der Waals surface area (Å²) in [5.41, 5.74) is 2.81. The Morgan fingerprint density at radius 3 is 2.27 bits per heavy atom. The number of anilines is 1. The molecule has 3 N–H and O–H groups in total. The van der Waals surface area contributed by atoms with E-state index in [1.54, 1.807) is 39.3 Å². The Kier molecular flexibility index (Phi) is 8.07. The van der Waals surface area contributed by atoms with E-state index in [0.29, 0.717) is 17.3 Å². The second-order valence-corrected chi connectivity index (χ2v) is 7.97. The van der Waals surface area contributed by atoms with E-state index in [2.05, 4.69) is 39.9 Å². The number of carbonyl (C=O) groups is 2. The highest BCUT2D eigenvalue weighted by Gasteiger charge is 2.18. The third-order valence-electron chi connectivity index (χ3n) is 5.29. The molecule has 0 fully saturated rings. The first-order chi connectivity index (χ1) is 15.9. The topological polar surface area (TPSA) is 105 Å². The van der Waals surface area contributed by atoms with Crippen molar-refractivity contribution in [1.29, 1.82) is 0 Å². The number of methoxy groups -OCH3 is 2. The van der Waals surface area contributed by atoms with Crippen molar-refractivity contribution in [2.45, 2.75) is 38.6 Å². The highest BCUT2D eigenvalue weighted by molar-refractivity contribution is 5.96. The zero-order valence-corrected chi connectivity index (χ0v) is 19.3. The third kappa shape index (κ3) is 6.83. The zero-order chi connectivity index (χ0) is 23.8. The van der Waals surface area contributed by atoms with Crippen molar-refractivity contribution in [3.05, 3.63) is 71.4 Å². The number of hydrogen-bond donors (Lipinski definition) is 3. The molecule has 0 spiro atoms. The molecule has 1 heterocycles. The largest absolute Gasteiger partial charge is 0.497 e. The maximum Gasteiger partial charge on any atom is 0.247 e. The molecule has 33 heavy (non-hydrogen) atoms. The van der Waals surface area contributed by atoms with Gasteiger partial charge in [0.1, 0.15) is 23.4 Å². The molecule has 0 aliphatic heterocycles. The van der Waals surface area contributed by atoms with E-state index in [-0.39, 0.29) is 24.2 Å². The highest BCUT2D eigenvalue weighted by atomic mass is 16.5. The zero-order valence-electron chi connectivity index (χ0n) is 19.3. The van der Waals surface area contributed by atoms with E-state index in [0.717, 1.165) is 17.7 Å². The molecule has 8 heteroatoms. The summed E-state index contributed by atoms with van der Waals surface area (Å²) in [6.07, 6.45) is 0.941. The second-order valence-electron chi connectivity index (χ2n) is 7.97. The average molecular weight is 451 g/mol. The lowest BCUT2D eigenvalue weighted by atomic mass is 9.98. The molecule has 0 bridgehead atoms. The number of carbonyl (C=O) groups excluding carboxylic acids is 2. The average Bonchev–Trinajstić information content (AvgIpc) is 3.27. The van der Waals surface area contributed by atoms with Crippen molar-refractivity contribution in [1.82, 2.24) is 15.5 Å². The van der Waals surface area contributed by atoms with Gasteiger partial charge >= 0.3 is 0 Å². The monoisotopic (exact) mass is 450 g/mol. The fourth-order valence-electron chi connectivity index (χ4n) is 3.48. The molecule has 3 rings (SSSR count). The van der Waals surface area contributed by atoms with E-state index >= 15 is 0 Å². The Morgan fingerprint density at radius 1 is 0.970 bits per heavy atom. The lowest BCUT2D eigenvalue weighted by Gasteiger charge is -2.14. The number of nitrogens with one attached hydrogen (secondary N) is 3. The predicted molar refractivity (Wildman–Crippen MR) is 127 cm³/mol. The number of aromatic amines is 1. The quantitative estimate of drug-likeness (QED) is 0.439. The van der Waals surface area contributed by atoms with Crippen LogP contribution in [0.2, 0.25) is 0 Å². The molecule has 2 unspecified atom stereocenters. The minimum Gasteiger partial charge on any atom is -0.497 e. The summed E-state index contributed by atoms with van der Waals surface area (Å²) in [6, 6.07) is 16.5. The van der Waals surface area contributed by atoms with Crippen LogP contribution >= 0.6 is 0 Å².